The lowest BCUT2D eigenvalue weighted by molar-refractivity contribution is -0.928. The minimum atomic E-state index is -0.136. The molecule has 1 N–H and O–H groups in total. The highest BCUT2D eigenvalue weighted by Crippen LogP contribution is 2.12. The molecule has 0 fully saturated rings. The van der Waals surface area contributed by atoms with Crippen molar-refractivity contribution in [2.75, 3.05) is 20.3 Å². The van der Waals surface area contributed by atoms with E-state index >= 15 is 0 Å². The summed E-state index contributed by atoms with van der Waals surface area (Å²) < 4.78 is 21.7. The van der Waals surface area contributed by atoms with Crippen LogP contribution in [0.4, 0.5) is 4.39 Å². The van der Waals surface area contributed by atoms with E-state index in [1.54, 1.807) is 13.2 Å². The van der Waals surface area contributed by atoms with Crippen LogP contribution in [0.5, 0.6) is 0 Å². The molecule has 3 rings (SSSR count). The highest BCUT2D eigenvalue weighted by atomic mass is 19.1. The number of hydrogen-bond acceptors (Lipinski definition) is 1. The normalized spacial score (nSPS) is 12.3. The van der Waals surface area contributed by atoms with Gasteiger partial charge in [0.05, 0.1) is 12.3 Å². The maximum absolute atomic E-state index is 14.1. The molecule has 4 heteroatoms. The summed E-state index contributed by atoms with van der Waals surface area (Å²) in [5.41, 5.74) is 4.62. The number of ether oxygens (including phenoxy) is 1. The van der Waals surface area contributed by atoms with Crippen LogP contribution in [0.25, 0.3) is 0 Å². The lowest BCUT2D eigenvalue weighted by atomic mass is 10.1. The third-order valence-electron chi connectivity index (χ3n) is 5.01. The molecule has 0 bridgehead atoms. The van der Waals surface area contributed by atoms with E-state index in [1.807, 2.05) is 12.1 Å². The first-order valence-electron chi connectivity index (χ1n) is 9.42. The summed E-state index contributed by atoms with van der Waals surface area (Å²) in [6.45, 7) is 5.96. The summed E-state index contributed by atoms with van der Waals surface area (Å²) in [6.07, 6.45) is 2.12. The van der Waals surface area contributed by atoms with Gasteiger partial charge in [-0.3, -0.25) is 0 Å². The molecule has 3 aromatic rings. The molecule has 0 saturated carbocycles. The number of aryl methyl sites for hydroxylation is 1. The Balaban J connectivity index is 1.75. The van der Waals surface area contributed by atoms with Crippen LogP contribution < -0.4 is 4.90 Å². The van der Waals surface area contributed by atoms with E-state index in [0.717, 1.165) is 25.2 Å². The molecule has 0 saturated heterocycles. The van der Waals surface area contributed by atoms with Gasteiger partial charge < -0.3 is 14.2 Å². The van der Waals surface area contributed by atoms with Crippen molar-refractivity contribution in [2.45, 2.75) is 26.6 Å². The van der Waals surface area contributed by atoms with Gasteiger partial charge in [0.15, 0.2) is 0 Å². The monoisotopic (exact) mass is 367 g/mol. The minimum Gasteiger partial charge on any atom is -0.379 e. The van der Waals surface area contributed by atoms with Gasteiger partial charge in [-0.25, -0.2) is 4.39 Å². The van der Waals surface area contributed by atoms with Crippen LogP contribution in [-0.4, -0.2) is 24.8 Å². The Morgan fingerprint density at radius 1 is 0.926 bits per heavy atom. The number of halogens is 1. The average Bonchev–Trinajstić information content (AvgIpc) is 3.10. The first-order chi connectivity index (χ1) is 13.2. The predicted octanol–water partition coefficient (Wildman–Crippen LogP) is 3.22. The fourth-order valence-electron chi connectivity index (χ4n) is 3.39. The maximum atomic E-state index is 14.1. The number of benzene rings is 2. The van der Waals surface area contributed by atoms with Crippen LogP contribution in [0.1, 0.15) is 22.4 Å². The summed E-state index contributed by atoms with van der Waals surface area (Å²) in [4.78, 5) is 1.28. The fourth-order valence-corrected chi connectivity index (χ4v) is 3.39. The van der Waals surface area contributed by atoms with Crippen molar-refractivity contribution < 1.29 is 14.0 Å². The summed E-state index contributed by atoms with van der Waals surface area (Å²) in [7, 11) is 1.71. The molecule has 0 aliphatic heterocycles. The average molecular weight is 367 g/mol. The topological polar surface area (TPSA) is 18.6 Å². The summed E-state index contributed by atoms with van der Waals surface area (Å²) >= 11 is 0. The van der Waals surface area contributed by atoms with Gasteiger partial charge in [0.1, 0.15) is 25.5 Å². The van der Waals surface area contributed by atoms with Crippen molar-refractivity contribution in [2.24, 2.45) is 0 Å². The Labute approximate surface area is 161 Å². The zero-order valence-corrected chi connectivity index (χ0v) is 16.1. The summed E-state index contributed by atoms with van der Waals surface area (Å²) in [5, 5.41) is 0. The van der Waals surface area contributed by atoms with Crippen molar-refractivity contribution in [1.82, 2.24) is 4.57 Å². The molecule has 142 valence electrons. The zero-order chi connectivity index (χ0) is 19.1. The molecular weight excluding hydrogens is 339 g/mol. The number of nitrogens with zero attached hydrogens (tertiary/aromatic N) is 1. The SMILES string of the molecule is COCC[NH+](Cc1ccccc1F)Cc1cccn1Cc1ccccc1C. The lowest BCUT2D eigenvalue weighted by Crippen LogP contribution is -3.10. The highest BCUT2D eigenvalue weighted by molar-refractivity contribution is 5.26. The van der Waals surface area contributed by atoms with Gasteiger partial charge >= 0.3 is 0 Å². The molecule has 0 spiro atoms. The van der Waals surface area contributed by atoms with Crippen molar-refractivity contribution in [1.29, 1.82) is 0 Å². The van der Waals surface area contributed by atoms with E-state index in [-0.39, 0.29) is 5.82 Å². The van der Waals surface area contributed by atoms with E-state index in [4.69, 9.17) is 4.74 Å². The van der Waals surface area contributed by atoms with Crippen LogP contribution in [0.2, 0.25) is 0 Å². The number of aromatic nitrogens is 1. The molecule has 2 aromatic carbocycles. The number of hydrogen-bond donors (Lipinski definition) is 1. The molecule has 1 aromatic heterocycles. The minimum absolute atomic E-state index is 0.136. The third kappa shape index (κ3) is 5.28. The number of rotatable bonds is 9. The maximum Gasteiger partial charge on any atom is 0.132 e. The fraction of sp³-hybridized carbons (Fsp3) is 0.304. The molecule has 3 nitrogen and oxygen atoms in total. The zero-order valence-electron chi connectivity index (χ0n) is 16.1. The molecule has 27 heavy (non-hydrogen) atoms. The Morgan fingerprint density at radius 2 is 1.67 bits per heavy atom. The lowest BCUT2D eigenvalue weighted by Gasteiger charge is -2.21. The van der Waals surface area contributed by atoms with E-state index < -0.39 is 0 Å². The van der Waals surface area contributed by atoms with Gasteiger partial charge in [0.2, 0.25) is 0 Å². The second-order valence-electron chi connectivity index (χ2n) is 6.99. The molecular formula is C23H28FN2O+. The molecule has 1 atom stereocenters. The molecule has 0 amide bonds. The van der Waals surface area contributed by atoms with Gasteiger partial charge in [-0.1, -0.05) is 42.5 Å². The largest absolute Gasteiger partial charge is 0.379 e. The van der Waals surface area contributed by atoms with Gasteiger partial charge in [-0.05, 0) is 36.2 Å². The quantitative estimate of drug-likeness (QED) is 0.615. The Bertz CT molecular complexity index is 859. The van der Waals surface area contributed by atoms with Crippen LogP contribution in [0, 0.1) is 12.7 Å². The van der Waals surface area contributed by atoms with Crippen molar-refractivity contribution in [3.8, 4) is 0 Å². The standard InChI is InChI=1S/C23H27FN2O/c1-19-8-3-4-9-20(19)17-26-13-7-11-22(26)18-25(14-15-27-2)16-21-10-5-6-12-23(21)24/h3-13H,14-18H2,1-2H3/p+1. The number of quaternary nitrogens is 1. The van der Waals surface area contributed by atoms with E-state index in [2.05, 4.69) is 54.1 Å². The second-order valence-corrected chi connectivity index (χ2v) is 6.99. The molecule has 0 radical (unpaired) electrons. The Kier molecular flexibility index (Phi) is 6.80. The molecule has 0 aliphatic carbocycles. The van der Waals surface area contributed by atoms with Gasteiger partial charge in [0, 0.05) is 25.4 Å². The van der Waals surface area contributed by atoms with Crippen LogP contribution in [0.3, 0.4) is 0 Å². The molecule has 1 unspecified atom stereocenters. The van der Waals surface area contributed by atoms with Crippen LogP contribution in [-0.2, 0) is 24.4 Å². The smallest absolute Gasteiger partial charge is 0.132 e. The molecule has 1 heterocycles. The first-order valence-corrected chi connectivity index (χ1v) is 9.42. The van der Waals surface area contributed by atoms with Gasteiger partial charge in [-0.2, -0.15) is 0 Å². The number of nitrogens with one attached hydrogen (secondary N) is 1. The van der Waals surface area contributed by atoms with E-state index in [1.165, 1.54) is 27.8 Å². The highest BCUT2D eigenvalue weighted by Gasteiger charge is 2.15. The predicted molar refractivity (Wildman–Crippen MR) is 106 cm³/mol. The Morgan fingerprint density at radius 3 is 2.41 bits per heavy atom. The first kappa shape index (κ1) is 19.3. The summed E-state index contributed by atoms with van der Waals surface area (Å²) in [5.74, 6) is -0.136. The van der Waals surface area contributed by atoms with Crippen molar-refractivity contribution >= 4 is 0 Å². The van der Waals surface area contributed by atoms with E-state index in [9.17, 15) is 4.39 Å². The van der Waals surface area contributed by atoms with Crippen LogP contribution in [0.15, 0.2) is 66.9 Å². The Hall–Kier alpha value is -2.43. The molecule has 0 aliphatic rings. The van der Waals surface area contributed by atoms with E-state index in [0.29, 0.717) is 13.2 Å². The third-order valence-corrected chi connectivity index (χ3v) is 5.01. The van der Waals surface area contributed by atoms with Crippen molar-refractivity contribution in [3.05, 3.63) is 95.1 Å². The van der Waals surface area contributed by atoms with Crippen molar-refractivity contribution in [3.63, 3.8) is 0 Å². The summed E-state index contributed by atoms with van der Waals surface area (Å²) in [6, 6.07) is 19.8. The van der Waals surface area contributed by atoms with Crippen LogP contribution >= 0.6 is 0 Å². The number of methoxy groups -OCH3 is 1. The van der Waals surface area contributed by atoms with Gasteiger partial charge in [0.25, 0.3) is 0 Å². The van der Waals surface area contributed by atoms with Gasteiger partial charge in [-0.15, -0.1) is 0 Å². The second kappa shape index (κ2) is 9.49.